The van der Waals surface area contributed by atoms with Gasteiger partial charge in [0.25, 0.3) is 0 Å². The Morgan fingerprint density at radius 2 is 1.93 bits per heavy atom. The minimum Gasteiger partial charge on any atom is -0.242 e. The molecule has 3 heteroatoms. The molecule has 2 unspecified atom stereocenters. The summed E-state index contributed by atoms with van der Waals surface area (Å²) in [6, 6.07) is 1.95. The molecule has 1 rings (SSSR count). The number of halogens is 1. The Balaban J connectivity index is 2.99. The predicted octanol–water partition coefficient (Wildman–Crippen LogP) is 3.15. The van der Waals surface area contributed by atoms with E-state index in [4.69, 9.17) is 11.6 Å². The molecule has 0 saturated heterocycles. The molecular formula is C11H17ClN2. The van der Waals surface area contributed by atoms with Gasteiger partial charge in [-0.05, 0) is 25.8 Å². The van der Waals surface area contributed by atoms with Crippen molar-refractivity contribution >= 4 is 11.6 Å². The summed E-state index contributed by atoms with van der Waals surface area (Å²) in [4.78, 5) is 8.51. The van der Waals surface area contributed by atoms with Gasteiger partial charge in [-0.1, -0.05) is 13.8 Å². The highest BCUT2D eigenvalue weighted by Gasteiger charge is 2.22. The Bertz CT molecular complexity index is 289. The van der Waals surface area contributed by atoms with Crippen LogP contribution in [0.1, 0.15) is 38.2 Å². The van der Waals surface area contributed by atoms with Crippen LogP contribution in [0.25, 0.3) is 0 Å². The monoisotopic (exact) mass is 212 g/mol. The lowest BCUT2D eigenvalue weighted by atomic mass is 9.89. The molecule has 0 aliphatic rings. The Morgan fingerprint density at radius 1 is 1.29 bits per heavy atom. The molecule has 0 aliphatic carbocycles. The van der Waals surface area contributed by atoms with Crippen LogP contribution in [0.15, 0.2) is 12.3 Å². The van der Waals surface area contributed by atoms with Crippen molar-refractivity contribution in [3.05, 3.63) is 23.8 Å². The molecule has 0 spiro atoms. The maximum absolute atomic E-state index is 6.17. The first-order chi connectivity index (χ1) is 6.52. The standard InChI is InChI=1S/C11H17ClN2/c1-7(2)11(8(3)12)10-5-6-13-9(4)14-10/h5-8,11H,1-4H3. The minimum absolute atomic E-state index is 0.101. The van der Waals surface area contributed by atoms with Gasteiger partial charge in [0.15, 0.2) is 0 Å². The fraction of sp³-hybridized carbons (Fsp3) is 0.636. The van der Waals surface area contributed by atoms with Gasteiger partial charge in [0.05, 0.1) is 0 Å². The van der Waals surface area contributed by atoms with E-state index in [-0.39, 0.29) is 5.38 Å². The maximum Gasteiger partial charge on any atom is 0.125 e. The highest BCUT2D eigenvalue weighted by atomic mass is 35.5. The van der Waals surface area contributed by atoms with Gasteiger partial charge in [0.2, 0.25) is 0 Å². The van der Waals surface area contributed by atoms with E-state index in [1.807, 2.05) is 19.9 Å². The fourth-order valence-corrected chi connectivity index (χ4v) is 2.19. The summed E-state index contributed by atoms with van der Waals surface area (Å²) in [5.74, 6) is 1.61. The van der Waals surface area contributed by atoms with Crippen LogP contribution in [-0.4, -0.2) is 15.3 Å². The average molecular weight is 213 g/mol. The molecule has 0 bridgehead atoms. The summed E-state index contributed by atoms with van der Waals surface area (Å²) in [6.07, 6.45) is 1.80. The first-order valence-corrected chi connectivity index (χ1v) is 5.39. The van der Waals surface area contributed by atoms with E-state index in [0.717, 1.165) is 11.5 Å². The van der Waals surface area contributed by atoms with Crippen LogP contribution in [0.3, 0.4) is 0 Å². The number of hydrogen-bond acceptors (Lipinski definition) is 2. The molecule has 1 aromatic heterocycles. The number of hydrogen-bond donors (Lipinski definition) is 0. The predicted molar refractivity (Wildman–Crippen MR) is 59.7 cm³/mol. The van der Waals surface area contributed by atoms with E-state index in [9.17, 15) is 0 Å². The van der Waals surface area contributed by atoms with Crippen LogP contribution in [0.4, 0.5) is 0 Å². The van der Waals surface area contributed by atoms with Crippen LogP contribution < -0.4 is 0 Å². The average Bonchev–Trinajstić information content (AvgIpc) is 2.02. The second-order valence-corrected chi connectivity index (χ2v) is 4.66. The van der Waals surface area contributed by atoms with Crippen molar-refractivity contribution in [1.29, 1.82) is 0 Å². The van der Waals surface area contributed by atoms with Gasteiger partial charge in [-0.3, -0.25) is 0 Å². The van der Waals surface area contributed by atoms with Crippen LogP contribution >= 0.6 is 11.6 Å². The number of aryl methyl sites for hydroxylation is 1. The van der Waals surface area contributed by atoms with Crippen molar-refractivity contribution in [1.82, 2.24) is 9.97 Å². The lowest BCUT2D eigenvalue weighted by Gasteiger charge is -2.22. The van der Waals surface area contributed by atoms with Crippen LogP contribution in [0.5, 0.6) is 0 Å². The van der Waals surface area contributed by atoms with E-state index in [1.165, 1.54) is 0 Å². The molecule has 78 valence electrons. The van der Waals surface area contributed by atoms with Gasteiger partial charge in [-0.25, -0.2) is 9.97 Å². The first kappa shape index (κ1) is 11.4. The molecule has 0 saturated carbocycles. The highest BCUT2D eigenvalue weighted by Crippen LogP contribution is 2.29. The molecule has 14 heavy (non-hydrogen) atoms. The number of alkyl halides is 1. The lowest BCUT2D eigenvalue weighted by molar-refractivity contribution is 0.478. The zero-order chi connectivity index (χ0) is 10.7. The van der Waals surface area contributed by atoms with Crippen LogP contribution in [0.2, 0.25) is 0 Å². The lowest BCUT2D eigenvalue weighted by Crippen LogP contribution is -2.17. The molecular weight excluding hydrogens is 196 g/mol. The Hall–Kier alpha value is -0.630. The maximum atomic E-state index is 6.17. The van der Waals surface area contributed by atoms with E-state index >= 15 is 0 Å². The number of nitrogens with zero attached hydrogens (tertiary/aromatic N) is 2. The molecule has 0 fully saturated rings. The molecule has 1 heterocycles. The fourth-order valence-electron chi connectivity index (χ4n) is 1.77. The second kappa shape index (κ2) is 4.74. The van der Waals surface area contributed by atoms with E-state index in [2.05, 4.69) is 23.8 Å². The summed E-state index contributed by atoms with van der Waals surface area (Å²) < 4.78 is 0. The number of aromatic nitrogens is 2. The molecule has 0 N–H and O–H groups in total. The summed E-state index contributed by atoms with van der Waals surface area (Å²) in [6.45, 7) is 8.26. The van der Waals surface area contributed by atoms with E-state index in [1.54, 1.807) is 6.20 Å². The zero-order valence-electron chi connectivity index (χ0n) is 9.16. The summed E-state index contributed by atoms with van der Waals surface area (Å²) in [7, 11) is 0. The number of rotatable bonds is 3. The molecule has 0 amide bonds. The second-order valence-electron chi connectivity index (χ2n) is 3.98. The molecule has 0 aromatic carbocycles. The summed E-state index contributed by atoms with van der Waals surface area (Å²) in [5.41, 5.74) is 1.05. The highest BCUT2D eigenvalue weighted by molar-refractivity contribution is 6.20. The zero-order valence-corrected chi connectivity index (χ0v) is 9.92. The van der Waals surface area contributed by atoms with Crippen molar-refractivity contribution in [2.45, 2.75) is 39.0 Å². The molecule has 0 aliphatic heterocycles. The quantitative estimate of drug-likeness (QED) is 0.720. The third kappa shape index (κ3) is 2.68. The topological polar surface area (TPSA) is 25.8 Å². The molecule has 2 nitrogen and oxygen atoms in total. The van der Waals surface area contributed by atoms with Crippen LogP contribution in [0, 0.1) is 12.8 Å². The van der Waals surface area contributed by atoms with Crippen molar-refractivity contribution in [3.63, 3.8) is 0 Å². The third-order valence-corrected chi connectivity index (χ3v) is 2.62. The van der Waals surface area contributed by atoms with Crippen molar-refractivity contribution in [2.75, 3.05) is 0 Å². The van der Waals surface area contributed by atoms with E-state index in [0.29, 0.717) is 11.8 Å². The van der Waals surface area contributed by atoms with Gasteiger partial charge in [-0.2, -0.15) is 0 Å². The van der Waals surface area contributed by atoms with Gasteiger partial charge in [-0.15, -0.1) is 11.6 Å². The molecule has 1 aromatic rings. The summed E-state index contributed by atoms with van der Waals surface area (Å²) in [5, 5.41) is 0.101. The normalized spacial score (nSPS) is 15.6. The first-order valence-electron chi connectivity index (χ1n) is 4.96. The largest absolute Gasteiger partial charge is 0.242 e. The van der Waals surface area contributed by atoms with E-state index < -0.39 is 0 Å². The Kier molecular flexibility index (Phi) is 3.87. The molecule has 0 radical (unpaired) electrons. The Morgan fingerprint density at radius 3 is 2.36 bits per heavy atom. The third-order valence-electron chi connectivity index (χ3n) is 2.35. The van der Waals surface area contributed by atoms with Gasteiger partial charge in [0.1, 0.15) is 5.82 Å². The van der Waals surface area contributed by atoms with Crippen LogP contribution in [-0.2, 0) is 0 Å². The van der Waals surface area contributed by atoms with Crippen molar-refractivity contribution in [3.8, 4) is 0 Å². The molecule has 2 atom stereocenters. The van der Waals surface area contributed by atoms with Gasteiger partial charge >= 0.3 is 0 Å². The summed E-state index contributed by atoms with van der Waals surface area (Å²) >= 11 is 6.17. The van der Waals surface area contributed by atoms with Crippen molar-refractivity contribution < 1.29 is 0 Å². The van der Waals surface area contributed by atoms with Gasteiger partial charge < -0.3 is 0 Å². The SMILES string of the molecule is Cc1nccc(C(C(C)C)C(C)Cl)n1. The Labute approximate surface area is 90.7 Å². The smallest absolute Gasteiger partial charge is 0.125 e. The van der Waals surface area contributed by atoms with Gasteiger partial charge in [0, 0.05) is 23.2 Å². The van der Waals surface area contributed by atoms with Crippen molar-refractivity contribution in [2.24, 2.45) is 5.92 Å². The minimum atomic E-state index is 0.101.